The van der Waals surface area contributed by atoms with Crippen LogP contribution in [0.25, 0.3) is 0 Å². The summed E-state index contributed by atoms with van der Waals surface area (Å²) in [6, 6.07) is 0.0841. The van der Waals surface area contributed by atoms with Crippen LogP contribution in [-0.4, -0.2) is 41.5 Å². The summed E-state index contributed by atoms with van der Waals surface area (Å²) >= 11 is 3.21. The van der Waals surface area contributed by atoms with Crippen LogP contribution in [0.3, 0.4) is 0 Å². The molecule has 3 rings (SSSR count). The standard InChI is InChI=1S/C15H21N5OS2/c1-19(2)15-18-11(10-23-15)9-17-14(21)20-7-4-3-5-12(20)13-16-6-8-22-13/h6,8,10,12H,3-5,7,9H2,1-2H3,(H,17,21)/t12-/m0/s1. The van der Waals surface area contributed by atoms with E-state index in [1.807, 2.05) is 40.9 Å². The molecule has 8 heteroatoms. The van der Waals surface area contributed by atoms with Crippen LogP contribution >= 0.6 is 22.7 Å². The largest absolute Gasteiger partial charge is 0.354 e. The lowest BCUT2D eigenvalue weighted by atomic mass is 10.0. The van der Waals surface area contributed by atoms with E-state index in [1.54, 1.807) is 22.7 Å². The van der Waals surface area contributed by atoms with Crippen LogP contribution in [0.1, 0.15) is 36.0 Å². The Bertz CT molecular complexity index is 640. The highest BCUT2D eigenvalue weighted by Gasteiger charge is 2.29. The van der Waals surface area contributed by atoms with Crippen molar-refractivity contribution in [1.29, 1.82) is 0 Å². The number of amides is 2. The molecule has 3 heterocycles. The second-order valence-electron chi connectivity index (χ2n) is 5.75. The molecule has 2 aromatic heterocycles. The summed E-state index contributed by atoms with van der Waals surface area (Å²) in [6.07, 6.45) is 4.99. The third-order valence-corrected chi connectivity index (χ3v) is 5.78. The Morgan fingerprint density at radius 2 is 2.30 bits per heavy atom. The molecular formula is C15H21N5OS2. The third-order valence-electron chi connectivity index (χ3n) is 3.84. The minimum absolute atomic E-state index is 0.0238. The fourth-order valence-corrected chi connectivity index (χ4v) is 4.22. The van der Waals surface area contributed by atoms with Gasteiger partial charge in [0, 0.05) is 37.6 Å². The van der Waals surface area contributed by atoms with Crippen LogP contribution in [-0.2, 0) is 6.54 Å². The number of likely N-dealkylation sites (tertiary alicyclic amines) is 1. The number of nitrogens with zero attached hydrogens (tertiary/aromatic N) is 4. The van der Waals surface area contributed by atoms with Gasteiger partial charge in [0.1, 0.15) is 5.01 Å². The summed E-state index contributed by atoms with van der Waals surface area (Å²) in [7, 11) is 3.93. The van der Waals surface area contributed by atoms with Gasteiger partial charge < -0.3 is 15.1 Å². The number of piperidine rings is 1. The zero-order valence-electron chi connectivity index (χ0n) is 13.4. The van der Waals surface area contributed by atoms with Gasteiger partial charge >= 0.3 is 6.03 Å². The Kier molecular flexibility index (Phi) is 5.12. The fourth-order valence-electron chi connectivity index (χ4n) is 2.68. The Hall–Kier alpha value is -1.67. The molecular weight excluding hydrogens is 330 g/mol. The van der Waals surface area contributed by atoms with E-state index in [0.29, 0.717) is 6.54 Å². The monoisotopic (exact) mass is 351 g/mol. The highest BCUT2D eigenvalue weighted by molar-refractivity contribution is 7.13. The number of carbonyl (C=O) groups excluding carboxylic acids is 1. The molecule has 1 aliphatic heterocycles. The summed E-state index contributed by atoms with van der Waals surface area (Å²) in [6.45, 7) is 1.25. The second-order valence-corrected chi connectivity index (χ2v) is 7.51. The molecule has 0 radical (unpaired) electrons. The van der Waals surface area contributed by atoms with E-state index in [1.165, 1.54) is 0 Å². The predicted molar refractivity (Wildman–Crippen MR) is 94.1 cm³/mol. The zero-order valence-corrected chi connectivity index (χ0v) is 15.0. The summed E-state index contributed by atoms with van der Waals surface area (Å²) in [5.41, 5.74) is 0.898. The average Bonchev–Trinajstić information content (AvgIpc) is 3.24. The number of urea groups is 1. The summed E-state index contributed by atoms with van der Waals surface area (Å²) < 4.78 is 0. The number of hydrogen-bond donors (Lipinski definition) is 1. The van der Waals surface area contributed by atoms with Crippen LogP contribution in [0, 0.1) is 0 Å². The number of anilines is 1. The van der Waals surface area contributed by atoms with Crippen LogP contribution in [0.4, 0.5) is 9.93 Å². The minimum Gasteiger partial charge on any atom is -0.354 e. The lowest BCUT2D eigenvalue weighted by Crippen LogP contribution is -2.44. The highest BCUT2D eigenvalue weighted by atomic mass is 32.1. The molecule has 2 amide bonds. The maximum absolute atomic E-state index is 12.6. The van der Waals surface area contributed by atoms with Crippen LogP contribution in [0.2, 0.25) is 0 Å². The van der Waals surface area contributed by atoms with E-state index >= 15 is 0 Å². The molecule has 1 saturated heterocycles. The van der Waals surface area contributed by atoms with Crippen molar-refractivity contribution in [3.63, 3.8) is 0 Å². The summed E-state index contributed by atoms with van der Waals surface area (Å²) in [4.78, 5) is 25.4. The van der Waals surface area contributed by atoms with E-state index in [2.05, 4.69) is 15.3 Å². The molecule has 1 atom stereocenters. The van der Waals surface area contributed by atoms with E-state index in [4.69, 9.17) is 0 Å². The van der Waals surface area contributed by atoms with Crippen LogP contribution in [0.15, 0.2) is 17.0 Å². The first-order valence-corrected chi connectivity index (χ1v) is 9.46. The van der Waals surface area contributed by atoms with Gasteiger partial charge in [-0.25, -0.2) is 14.8 Å². The van der Waals surface area contributed by atoms with Crippen LogP contribution < -0.4 is 10.2 Å². The summed E-state index contributed by atoms with van der Waals surface area (Å²) in [5, 5.41) is 8.95. The molecule has 6 nitrogen and oxygen atoms in total. The van der Waals surface area contributed by atoms with Gasteiger partial charge in [-0.05, 0) is 19.3 Å². The van der Waals surface area contributed by atoms with Crippen molar-refractivity contribution < 1.29 is 4.79 Å². The van der Waals surface area contributed by atoms with Gasteiger partial charge in [-0.1, -0.05) is 0 Å². The maximum Gasteiger partial charge on any atom is 0.318 e. The van der Waals surface area contributed by atoms with Crippen molar-refractivity contribution in [3.8, 4) is 0 Å². The Morgan fingerprint density at radius 1 is 1.43 bits per heavy atom. The molecule has 1 aliphatic rings. The molecule has 0 aromatic carbocycles. The SMILES string of the molecule is CN(C)c1nc(CNC(=O)N2CCCC[C@H]2c2nccs2)cs1. The van der Waals surface area contributed by atoms with Crippen molar-refractivity contribution in [3.05, 3.63) is 27.7 Å². The number of rotatable bonds is 4. The molecule has 1 fully saturated rings. The molecule has 124 valence electrons. The first-order valence-electron chi connectivity index (χ1n) is 7.70. The molecule has 2 aromatic rings. The topological polar surface area (TPSA) is 61.4 Å². The molecule has 0 unspecified atom stereocenters. The molecule has 0 bridgehead atoms. The summed E-state index contributed by atoms with van der Waals surface area (Å²) in [5.74, 6) is 0. The maximum atomic E-state index is 12.6. The molecule has 0 aliphatic carbocycles. The normalized spacial score (nSPS) is 18.0. The smallest absolute Gasteiger partial charge is 0.318 e. The first-order chi connectivity index (χ1) is 11.1. The predicted octanol–water partition coefficient (Wildman–Crippen LogP) is 3.10. The lowest BCUT2D eigenvalue weighted by Gasteiger charge is -2.34. The minimum atomic E-state index is -0.0238. The van der Waals surface area contributed by atoms with Gasteiger partial charge in [0.05, 0.1) is 18.3 Å². The van der Waals surface area contributed by atoms with Crippen molar-refractivity contribution in [2.45, 2.75) is 31.8 Å². The number of aromatic nitrogens is 2. The number of nitrogens with one attached hydrogen (secondary N) is 1. The van der Waals surface area contributed by atoms with Gasteiger partial charge in [-0.3, -0.25) is 0 Å². The lowest BCUT2D eigenvalue weighted by molar-refractivity contribution is 0.151. The van der Waals surface area contributed by atoms with E-state index in [9.17, 15) is 4.79 Å². The van der Waals surface area contributed by atoms with Crippen molar-refractivity contribution in [2.24, 2.45) is 0 Å². The Morgan fingerprint density at radius 3 is 3.00 bits per heavy atom. The molecule has 1 N–H and O–H groups in total. The molecule has 23 heavy (non-hydrogen) atoms. The van der Waals surface area contributed by atoms with Gasteiger partial charge in [0.2, 0.25) is 0 Å². The van der Waals surface area contributed by atoms with Gasteiger partial charge in [-0.15, -0.1) is 22.7 Å². The highest BCUT2D eigenvalue weighted by Crippen LogP contribution is 2.31. The molecule has 0 spiro atoms. The first kappa shape index (κ1) is 16.2. The van der Waals surface area contributed by atoms with Gasteiger partial charge in [0.15, 0.2) is 5.13 Å². The third kappa shape index (κ3) is 3.81. The van der Waals surface area contributed by atoms with Crippen molar-refractivity contribution >= 4 is 33.8 Å². The van der Waals surface area contributed by atoms with E-state index < -0.39 is 0 Å². The van der Waals surface area contributed by atoms with Crippen molar-refractivity contribution in [1.82, 2.24) is 20.2 Å². The van der Waals surface area contributed by atoms with E-state index in [-0.39, 0.29) is 12.1 Å². The fraction of sp³-hybridized carbons (Fsp3) is 0.533. The Balaban J connectivity index is 1.61. The van der Waals surface area contributed by atoms with Crippen LogP contribution in [0.5, 0.6) is 0 Å². The Labute approximate surface area is 144 Å². The van der Waals surface area contributed by atoms with Gasteiger partial charge in [-0.2, -0.15) is 0 Å². The second kappa shape index (κ2) is 7.27. The number of thiazole rings is 2. The quantitative estimate of drug-likeness (QED) is 0.919. The zero-order chi connectivity index (χ0) is 16.2. The van der Waals surface area contributed by atoms with Crippen molar-refractivity contribution in [2.75, 3.05) is 25.5 Å². The molecule has 0 saturated carbocycles. The average molecular weight is 352 g/mol. The van der Waals surface area contributed by atoms with E-state index in [0.717, 1.165) is 41.6 Å². The number of hydrogen-bond acceptors (Lipinski definition) is 6. The number of carbonyl (C=O) groups is 1. The van der Waals surface area contributed by atoms with Gasteiger partial charge in [0.25, 0.3) is 0 Å².